The van der Waals surface area contributed by atoms with Gasteiger partial charge in [-0.2, -0.15) is 0 Å². The van der Waals surface area contributed by atoms with E-state index >= 15 is 0 Å². The van der Waals surface area contributed by atoms with E-state index < -0.39 is 0 Å². The predicted octanol–water partition coefficient (Wildman–Crippen LogP) is 0.0290. The van der Waals surface area contributed by atoms with Gasteiger partial charge in [-0.25, -0.2) is 0 Å². The molecule has 6 heteroatoms. The molecule has 0 spiro atoms. The zero-order valence-corrected chi connectivity index (χ0v) is 12.5. The molecule has 6 unspecified atom stereocenters. The zero-order valence-electron chi connectivity index (χ0n) is 12.5. The summed E-state index contributed by atoms with van der Waals surface area (Å²) in [5.41, 5.74) is 11.1. The molecule has 0 aliphatic carbocycles. The lowest BCUT2D eigenvalue weighted by atomic mass is 10.1. The molecule has 0 aromatic carbocycles. The predicted molar refractivity (Wildman–Crippen MR) is 75.5 cm³/mol. The molecule has 4 N–H and O–H groups in total. The Labute approximate surface area is 121 Å². The minimum atomic E-state index is -0.0229. The third kappa shape index (κ3) is 3.90. The van der Waals surface area contributed by atoms with Crippen molar-refractivity contribution in [1.29, 1.82) is 0 Å². The van der Waals surface area contributed by atoms with E-state index in [1.54, 1.807) is 0 Å². The number of hydrogen-bond donors (Lipinski definition) is 2. The van der Waals surface area contributed by atoms with Gasteiger partial charge in [0.1, 0.15) is 24.4 Å². The van der Waals surface area contributed by atoms with Crippen LogP contribution in [0.5, 0.6) is 0 Å². The summed E-state index contributed by atoms with van der Waals surface area (Å²) in [6, 6.07) is 0. The lowest BCUT2D eigenvalue weighted by Gasteiger charge is -2.22. The fraction of sp³-hybridized carbons (Fsp3) is 1.00. The molecule has 0 amide bonds. The second-order valence-corrected chi connectivity index (χ2v) is 5.72. The molecule has 2 rings (SSSR count). The fourth-order valence-corrected chi connectivity index (χ4v) is 2.86. The van der Waals surface area contributed by atoms with E-state index in [0.717, 1.165) is 12.8 Å². The first-order chi connectivity index (χ1) is 9.65. The molecule has 0 saturated carbocycles. The van der Waals surface area contributed by atoms with Crippen molar-refractivity contribution in [2.45, 2.75) is 63.3 Å². The highest BCUT2D eigenvalue weighted by molar-refractivity contribution is 4.96. The summed E-state index contributed by atoms with van der Waals surface area (Å²) in [6.07, 6.45) is 1.89. The van der Waals surface area contributed by atoms with E-state index in [2.05, 4.69) is 0 Å². The van der Waals surface area contributed by atoms with Crippen molar-refractivity contribution < 1.29 is 18.9 Å². The molecule has 2 fully saturated rings. The third-order valence-corrected chi connectivity index (χ3v) is 3.92. The van der Waals surface area contributed by atoms with Crippen molar-refractivity contribution in [3.8, 4) is 0 Å². The molecule has 2 saturated heterocycles. The number of rotatable bonds is 8. The van der Waals surface area contributed by atoms with Crippen LogP contribution >= 0.6 is 0 Å². The number of nitrogens with two attached hydrogens (primary N) is 2. The molecule has 0 aromatic rings. The van der Waals surface area contributed by atoms with Crippen molar-refractivity contribution in [2.75, 3.05) is 26.3 Å². The molecule has 2 aliphatic heterocycles. The van der Waals surface area contributed by atoms with Crippen LogP contribution in [0.3, 0.4) is 0 Å². The molecule has 6 atom stereocenters. The maximum Gasteiger partial charge on any atom is 0.115 e. The fourth-order valence-electron chi connectivity index (χ4n) is 2.86. The first-order valence-electron chi connectivity index (χ1n) is 7.60. The molecule has 20 heavy (non-hydrogen) atoms. The van der Waals surface area contributed by atoms with Gasteiger partial charge in [0.2, 0.25) is 0 Å². The largest absolute Gasteiger partial charge is 0.370 e. The van der Waals surface area contributed by atoms with Crippen LogP contribution in [0.1, 0.15) is 26.7 Å². The monoisotopic (exact) mass is 288 g/mol. The first kappa shape index (κ1) is 16.1. The quantitative estimate of drug-likeness (QED) is 0.655. The van der Waals surface area contributed by atoms with Crippen LogP contribution < -0.4 is 11.5 Å². The van der Waals surface area contributed by atoms with E-state index in [-0.39, 0.29) is 36.6 Å². The molecule has 2 aliphatic rings. The Balaban J connectivity index is 1.81. The summed E-state index contributed by atoms with van der Waals surface area (Å²) in [4.78, 5) is 0. The van der Waals surface area contributed by atoms with Crippen LogP contribution in [0, 0.1) is 0 Å². The maximum atomic E-state index is 5.96. The molecular weight excluding hydrogens is 260 g/mol. The average molecular weight is 288 g/mol. The van der Waals surface area contributed by atoms with Crippen molar-refractivity contribution in [2.24, 2.45) is 11.5 Å². The average Bonchev–Trinajstić information content (AvgIpc) is 2.95. The second kappa shape index (κ2) is 7.68. The normalized spacial score (nSPS) is 36.0. The van der Waals surface area contributed by atoms with Crippen LogP contribution in [-0.2, 0) is 18.9 Å². The number of ether oxygens (including phenoxy) is 4. The molecule has 0 aromatic heterocycles. The Morgan fingerprint density at radius 1 is 0.900 bits per heavy atom. The van der Waals surface area contributed by atoms with Crippen LogP contribution in [0.2, 0.25) is 0 Å². The van der Waals surface area contributed by atoms with Gasteiger partial charge in [0.05, 0.1) is 25.4 Å². The highest BCUT2D eigenvalue weighted by Gasteiger charge is 2.49. The smallest absolute Gasteiger partial charge is 0.115 e. The summed E-state index contributed by atoms with van der Waals surface area (Å²) in [7, 11) is 0. The van der Waals surface area contributed by atoms with Gasteiger partial charge in [-0.15, -0.1) is 0 Å². The molecule has 6 nitrogen and oxygen atoms in total. The zero-order chi connectivity index (χ0) is 14.5. The minimum absolute atomic E-state index is 0.0139. The third-order valence-electron chi connectivity index (χ3n) is 3.92. The van der Waals surface area contributed by atoms with E-state index in [1.165, 1.54) is 0 Å². The van der Waals surface area contributed by atoms with Crippen molar-refractivity contribution in [3.63, 3.8) is 0 Å². The van der Waals surface area contributed by atoms with Crippen molar-refractivity contribution in [1.82, 2.24) is 0 Å². The van der Waals surface area contributed by atoms with E-state index in [9.17, 15) is 0 Å². The highest BCUT2D eigenvalue weighted by Crippen LogP contribution is 2.31. The van der Waals surface area contributed by atoms with Gasteiger partial charge in [-0.1, -0.05) is 0 Å². The van der Waals surface area contributed by atoms with Gasteiger partial charge >= 0.3 is 0 Å². The van der Waals surface area contributed by atoms with Crippen molar-refractivity contribution in [3.05, 3.63) is 0 Å². The molecule has 0 radical (unpaired) electrons. The second-order valence-electron chi connectivity index (χ2n) is 5.72. The summed E-state index contributed by atoms with van der Waals surface area (Å²) in [5, 5.41) is 0. The lowest BCUT2D eigenvalue weighted by molar-refractivity contribution is -0.0821. The summed E-state index contributed by atoms with van der Waals surface area (Å²) >= 11 is 0. The summed E-state index contributed by atoms with van der Waals surface area (Å²) < 4.78 is 23.6. The SMILES string of the molecule is CC(CCN)OC1COC2C(OC(C)CCN)COC12. The summed E-state index contributed by atoms with van der Waals surface area (Å²) in [5.74, 6) is 0. The van der Waals surface area contributed by atoms with Crippen molar-refractivity contribution >= 4 is 0 Å². The Morgan fingerprint density at radius 3 is 1.65 bits per heavy atom. The Morgan fingerprint density at radius 2 is 1.30 bits per heavy atom. The Hall–Kier alpha value is -0.240. The number of hydrogen-bond acceptors (Lipinski definition) is 6. The van der Waals surface area contributed by atoms with Gasteiger partial charge in [0.25, 0.3) is 0 Å². The molecule has 0 bridgehead atoms. The lowest BCUT2D eigenvalue weighted by Crippen LogP contribution is -2.37. The molecule has 2 heterocycles. The topological polar surface area (TPSA) is 89.0 Å². The van der Waals surface area contributed by atoms with Crippen LogP contribution in [0.25, 0.3) is 0 Å². The van der Waals surface area contributed by atoms with Gasteiger partial charge in [0, 0.05) is 0 Å². The van der Waals surface area contributed by atoms with Crippen LogP contribution in [0.4, 0.5) is 0 Å². The summed E-state index contributed by atoms with van der Waals surface area (Å²) in [6.45, 7) is 6.46. The molecular formula is C14H28N2O4. The number of fused-ring (bicyclic) bond motifs is 1. The minimum Gasteiger partial charge on any atom is -0.370 e. The van der Waals surface area contributed by atoms with E-state index in [4.69, 9.17) is 30.4 Å². The van der Waals surface area contributed by atoms with E-state index in [1.807, 2.05) is 13.8 Å². The van der Waals surface area contributed by atoms with Gasteiger partial charge in [-0.05, 0) is 39.8 Å². The van der Waals surface area contributed by atoms with Gasteiger partial charge in [0.15, 0.2) is 0 Å². The standard InChI is InChI=1S/C14H28N2O4/c1-9(3-5-15)19-11-7-17-14-12(8-18-13(11)14)20-10(2)4-6-16/h9-14H,3-8,15-16H2,1-2H3. The van der Waals surface area contributed by atoms with Gasteiger partial charge < -0.3 is 30.4 Å². The first-order valence-corrected chi connectivity index (χ1v) is 7.60. The molecule has 118 valence electrons. The van der Waals surface area contributed by atoms with Crippen LogP contribution in [-0.4, -0.2) is 62.9 Å². The van der Waals surface area contributed by atoms with Crippen LogP contribution in [0.15, 0.2) is 0 Å². The van der Waals surface area contributed by atoms with Gasteiger partial charge in [-0.3, -0.25) is 0 Å². The maximum absolute atomic E-state index is 5.96. The Bertz CT molecular complexity index is 264. The Kier molecular flexibility index (Phi) is 6.20. The van der Waals surface area contributed by atoms with E-state index in [0.29, 0.717) is 26.3 Å². The highest BCUT2D eigenvalue weighted by atomic mass is 16.6.